The third-order valence-electron chi connectivity index (χ3n) is 2.39. The summed E-state index contributed by atoms with van der Waals surface area (Å²) in [5.74, 6) is -0.989. The number of carboxylic acids is 1. The van der Waals surface area contributed by atoms with Gasteiger partial charge in [0.25, 0.3) is 0 Å². The minimum Gasteiger partial charge on any atom is -0.545 e. The van der Waals surface area contributed by atoms with E-state index < -0.39 is 5.97 Å². The highest BCUT2D eigenvalue weighted by Gasteiger charge is 2.17. The Bertz CT molecular complexity index is 563. The molecule has 5 heteroatoms. The molecule has 0 fully saturated rings. The molecule has 0 amide bonds. The summed E-state index contributed by atoms with van der Waals surface area (Å²) < 4.78 is 6.11. The lowest BCUT2D eigenvalue weighted by atomic mass is 10.1. The first-order valence-corrected chi connectivity index (χ1v) is 6.17. The molecule has 0 saturated heterocycles. The molecular weight excluding hydrogens is 333 g/mol. The molecule has 0 aliphatic rings. The summed E-state index contributed by atoms with van der Waals surface area (Å²) in [7, 11) is 0. The van der Waals surface area contributed by atoms with Crippen molar-refractivity contribution in [2.75, 3.05) is 0 Å². The van der Waals surface area contributed by atoms with Crippen LogP contribution in [0, 0.1) is 3.57 Å². The Morgan fingerprint density at radius 3 is 2.88 bits per heavy atom. The smallest absolute Gasteiger partial charge is 0.176 e. The molecule has 0 atom stereocenters. The minimum atomic E-state index is -1.25. The van der Waals surface area contributed by atoms with E-state index in [1.807, 2.05) is 25.1 Å². The second kappa shape index (κ2) is 4.87. The summed E-state index contributed by atoms with van der Waals surface area (Å²) >= 11 is 2.15. The Kier molecular flexibility index (Phi) is 3.46. The topological polar surface area (TPSA) is 66.2 Å². The number of carboxylic acid groups (broad SMARTS) is 1. The lowest BCUT2D eigenvalue weighted by Gasteiger charge is -2.04. The summed E-state index contributed by atoms with van der Waals surface area (Å²) in [6, 6.07) is 7.38. The number of hydrogen-bond acceptors (Lipinski definition) is 4. The highest BCUT2D eigenvalue weighted by atomic mass is 127. The van der Waals surface area contributed by atoms with Crippen molar-refractivity contribution in [1.82, 2.24) is 5.16 Å². The van der Waals surface area contributed by atoms with E-state index in [0.717, 1.165) is 3.57 Å². The first-order chi connectivity index (χ1) is 8.13. The number of aromatic nitrogens is 1. The maximum Gasteiger partial charge on any atom is 0.176 e. The van der Waals surface area contributed by atoms with Crippen LogP contribution >= 0.6 is 22.6 Å². The van der Waals surface area contributed by atoms with Gasteiger partial charge in [0.2, 0.25) is 0 Å². The second-order valence-electron chi connectivity index (χ2n) is 3.48. The van der Waals surface area contributed by atoms with Crippen molar-refractivity contribution in [3.05, 3.63) is 39.1 Å². The summed E-state index contributed by atoms with van der Waals surface area (Å²) in [6.07, 6.45) is 0.497. The number of hydrogen-bond donors (Lipinski definition) is 0. The molecule has 1 aromatic carbocycles. The van der Waals surface area contributed by atoms with Crippen LogP contribution in [0.5, 0.6) is 0 Å². The molecule has 2 rings (SSSR count). The normalized spacial score (nSPS) is 10.5. The van der Waals surface area contributed by atoms with Crippen LogP contribution in [0.25, 0.3) is 11.3 Å². The average Bonchev–Trinajstić information content (AvgIpc) is 2.72. The Balaban J connectivity index is 2.60. The van der Waals surface area contributed by atoms with Gasteiger partial charge in [0.05, 0.1) is 17.2 Å². The molecule has 0 unspecified atom stereocenters. The van der Waals surface area contributed by atoms with Gasteiger partial charge in [-0.3, -0.25) is 0 Å². The number of carbonyl (C=O) groups is 1. The van der Waals surface area contributed by atoms with Gasteiger partial charge in [0.15, 0.2) is 5.76 Å². The lowest BCUT2D eigenvalue weighted by molar-refractivity contribution is -0.255. The molecule has 1 aromatic heterocycles. The summed E-state index contributed by atoms with van der Waals surface area (Å²) in [5.41, 5.74) is 1.16. The monoisotopic (exact) mass is 342 g/mol. The van der Waals surface area contributed by atoms with E-state index in [-0.39, 0.29) is 11.3 Å². The molecule has 1 heterocycles. The fourth-order valence-electron chi connectivity index (χ4n) is 1.60. The molecule has 4 nitrogen and oxygen atoms in total. The molecule has 17 heavy (non-hydrogen) atoms. The molecule has 0 radical (unpaired) electrons. The third-order valence-corrected chi connectivity index (χ3v) is 3.06. The molecule has 0 saturated carbocycles. The Morgan fingerprint density at radius 2 is 2.29 bits per heavy atom. The molecule has 0 aliphatic carbocycles. The highest BCUT2D eigenvalue weighted by Crippen LogP contribution is 2.27. The number of rotatable bonds is 3. The van der Waals surface area contributed by atoms with Gasteiger partial charge in [-0.05, 0) is 41.1 Å². The van der Waals surface area contributed by atoms with E-state index in [2.05, 4.69) is 27.7 Å². The number of aryl methyl sites for hydroxylation is 1. The predicted molar refractivity (Wildman–Crippen MR) is 68.4 cm³/mol. The Hall–Kier alpha value is -1.37. The van der Waals surface area contributed by atoms with Crippen molar-refractivity contribution in [3.8, 4) is 11.3 Å². The Morgan fingerprint density at radius 1 is 1.53 bits per heavy atom. The number of carbonyl (C=O) groups excluding carboxylic acids is 1. The lowest BCUT2D eigenvalue weighted by Crippen LogP contribution is -2.23. The van der Waals surface area contributed by atoms with Gasteiger partial charge in [0, 0.05) is 9.13 Å². The first-order valence-electron chi connectivity index (χ1n) is 5.09. The molecular formula is C12H9INO3-. The minimum absolute atomic E-state index is 0.0505. The van der Waals surface area contributed by atoms with Crippen LogP contribution in [-0.2, 0) is 6.42 Å². The molecule has 0 bridgehead atoms. The summed E-state index contributed by atoms with van der Waals surface area (Å²) in [5, 5.41) is 14.9. The van der Waals surface area contributed by atoms with Crippen molar-refractivity contribution in [2.24, 2.45) is 0 Å². The van der Waals surface area contributed by atoms with E-state index in [0.29, 0.717) is 17.7 Å². The molecule has 2 aromatic rings. The quantitative estimate of drug-likeness (QED) is 0.799. The number of aromatic carboxylic acids is 1. The van der Waals surface area contributed by atoms with E-state index >= 15 is 0 Å². The molecule has 0 N–H and O–H groups in total. The van der Waals surface area contributed by atoms with Crippen molar-refractivity contribution in [2.45, 2.75) is 13.3 Å². The van der Waals surface area contributed by atoms with Gasteiger partial charge in [-0.1, -0.05) is 24.2 Å². The fourth-order valence-corrected chi connectivity index (χ4v) is 2.14. The van der Waals surface area contributed by atoms with Gasteiger partial charge in [-0.25, -0.2) is 0 Å². The van der Waals surface area contributed by atoms with Crippen LogP contribution in [0.4, 0.5) is 0 Å². The van der Waals surface area contributed by atoms with E-state index in [9.17, 15) is 9.90 Å². The predicted octanol–water partition coefficient (Wildman–Crippen LogP) is 1.87. The van der Waals surface area contributed by atoms with Crippen LogP contribution in [0.1, 0.15) is 23.0 Å². The van der Waals surface area contributed by atoms with Gasteiger partial charge in [-0.15, -0.1) is 0 Å². The van der Waals surface area contributed by atoms with Crippen LogP contribution in [-0.4, -0.2) is 11.1 Å². The molecule has 88 valence electrons. The standard InChI is InChI=1S/C12H10INO3/c1-2-9-10(12(15)16)11(17-14-9)7-4-3-5-8(13)6-7/h3-6H,2H2,1H3,(H,15,16)/p-1. The molecule has 0 aliphatic heterocycles. The van der Waals surface area contributed by atoms with Gasteiger partial charge in [-0.2, -0.15) is 0 Å². The van der Waals surface area contributed by atoms with Gasteiger partial charge in [0.1, 0.15) is 0 Å². The largest absolute Gasteiger partial charge is 0.545 e. The number of nitrogens with zero attached hydrogens (tertiary/aromatic N) is 1. The first kappa shape index (κ1) is 12.1. The number of halogens is 1. The van der Waals surface area contributed by atoms with E-state index in [1.165, 1.54) is 0 Å². The van der Waals surface area contributed by atoms with E-state index in [1.54, 1.807) is 6.07 Å². The summed E-state index contributed by atoms with van der Waals surface area (Å²) in [6.45, 7) is 1.82. The maximum atomic E-state index is 11.1. The zero-order valence-electron chi connectivity index (χ0n) is 9.07. The fraction of sp³-hybridized carbons (Fsp3) is 0.167. The van der Waals surface area contributed by atoms with Crippen LogP contribution in [0.3, 0.4) is 0 Å². The van der Waals surface area contributed by atoms with Crippen molar-refractivity contribution >= 4 is 28.6 Å². The maximum absolute atomic E-state index is 11.1. The van der Waals surface area contributed by atoms with Gasteiger partial charge >= 0.3 is 0 Å². The zero-order valence-corrected chi connectivity index (χ0v) is 11.2. The number of benzene rings is 1. The van der Waals surface area contributed by atoms with Crippen molar-refractivity contribution < 1.29 is 14.4 Å². The van der Waals surface area contributed by atoms with Crippen LogP contribution in [0.2, 0.25) is 0 Å². The highest BCUT2D eigenvalue weighted by molar-refractivity contribution is 14.1. The average molecular weight is 342 g/mol. The summed E-state index contributed by atoms with van der Waals surface area (Å²) in [4.78, 5) is 11.1. The second-order valence-corrected chi connectivity index (χ2v) is 4.73. The Labute approximate surface area is 112 Å². The zero-order chi connectivity index (χ0) is 12.4. The third kappa shape index (κ3) is 2.33. The van der Waals surface area contributed by atoms with Crippen molar-refractivity contribution in [3.63, 3.8) is 0 Å². The molecule has 0 spiro atoms. The van der Waals surface area contributed by atoms with Gasteiger partial charge < -0.3 is 14.4 Å². The SMILES string of the molecule is CCc1noc(-c2cccc(I)c2)c1C(=O)[O-]. The van der Waals surface area contributed by atoms with Crippen molar-refractivity contribution in [1.29, 1.82) is 0 Å². The van der Waals surface area contributed by atoms with Crippen LogP contribution in [0.15, 0.2) is 28.8 Å². The van der Waals surface area contributed by atoms with Crippen LogP contribution < -0.4 is 5.11 Å². The van der Waals surface area contributed by atoms with E-state index in [4.69, 9.17) is 4.52 Å².